The van der Waals surface area contributed by atoms with Crippen LogP contribution in [0.2, 0.25) is 0 Å². The number of hydrogen-bond acceptors (Lipinski definition) is 5. The molecule has 0 amide bonds. The summed E-state index contributed by atoms with van der Waals surface area (Å²) in [6.07, 6.45) is -0.253. The van der Waals surface area contributed by atoms with E-state index >= 15 is 0 Å². The topological polar surface area (TPSA) is 85.2 Å². The SMILES string of the molecule is CCCON=CC(=O)OC(=O)O. The van der Waals surface area contributed by atoms with Crippen LogP contribution in [-0.4, -0.2) is 30.1 Å². The summed E-state index contributed by atoms with van der Waals surface area (Å²) in [7, 11) is 0. The average Bonchev–Trinajstić information content (AvgIpc) is 1.97. The minimum absolute atomic E-state index is 0.372. The van der Waals surface area contributed by atoms with Gasteiger partial charge in [-0.1, -0.05) is 12.1 Å². The van der Waals surface area contributed by atoms with Crippen molar-refractivity contribution in [2.45, 2.75) is 13.3 Å². The Bertz CT molecular complexity index is 188. The van der Waals surface area contributed by atoms with E-state index in [-0.39, 0.29) is 0 Å². The molecule has 6 nitrogen and oxygen atoms in total. The van der Waals surface area contributed by atoms with Crippen molar-refractivity contribution in [3.63, 3.8) is 0 Å². The van der Waals surface area contributed by atoms with E-state index in [1.165, 1.54) is 0 Å². The highest BCUT2D eigenvalue weighted by molar-refractivity contribution is 6.24. The first-order valence-corrected chi connectivity index (χ1v) is 3.27. The zero-order chi connectivity index (χ0) is 9.40. The molecule has 0 saturated carbocycles. The number of hydrogen-bond donors (Lipinski definition) is 1. The van der Waals surface area contributed by atoms with Gasteiger partial charge < -0.3 is 14.7 Å². The summed E-state index contributed by atoms with van der Waals surface area (Å²) in [5, 5.41) is 11.1. The number of esters is 1. The molecule has 0 unspecified atom stereocenters. The highest BCUT2D eigenvalue weighted by atomic mass is 16.7. The van der Waals surface area contributed by atoms with E-state index in [0.29, 0.717) is 12.8 Å². The van der Waals surface area contributed by atoms with Gasteiger partial charge in [-0.3, -0.25) is 0 Å². The minimum Gasteiger partial charge on any atom is -0.449 e. The zero-order valence-electron chi connectivity index (χ0n) is 6.52. The minimum atomic E-state index is -1.66. The molecule has 0 bridgehead atoms. The maximum absolute atomic E-state index is 10.4. The number of rotatable bonds is 4. The van der Waals surface area contributed by atoms with Gasteiger partial charge in [0, 0.05) is 0 Å². The van der Waals surface area contributed by atoms with Gasteiger partial charge in [-0.2, -0.15) is 0 Å². The molecule has 68 valence electrons. The van der Waals surface area contributed by atoms with Gasteiger partial charge in [0.25, 0.3) is 0 Å². The first-order valence-electron chi connectivity index (χ1n) is 3.27. The monoisotopic (exact) mass is 175 g/mol. The maximum Gasteiger partial charge on any atom is 0.513 e. The van der Waals surface area contributed by atoms with E-state index in [0.717, 1.165) is 6.42 Å². The Morgan fingerprint density at radius 3 is 2.75 bits per heavy atom. The third-order valence-corrected chi connectivity index (χ3v) is 0.716. The third kappa shape index (κ3) is 6.53. The van der Waals surface area contributed by atoms with Crippen molar-refractivity contribution in [3.8, 4) is 0 Å². The second kappa shape index (κ2) is 6.14. The molecule has 6 heteroatoms. The van der Waals surface area contributed by atoms with Crippen molar-refractivity contribution in [2.24, 2.45) is 5.16 Å². The molecule has 0 aromatic carbocycles. The molecule has 0 saturated heterocycles. The summed E-state index contributed by atoms with van der Waals surface area (Å²) in [6.45, 7) is 2.24. The van der Waals surface area contributed by atoms with Crippen LogP contribution in [0.15, 0.2) is 5.16 Å². The lowest BCUT2D eigenvalue weighted by molar-refractivity contribution is -0.130. The van der Waals surface area contributed by atoms with Crippen molar-refractivity contribution < 1.29 is 24.3 Å². The van der Waals surface area contributed by atoms with Gasteiger partial charge in [0.15, 0.2) is 6.21 Å². The predicted molar refractivity (Wildman–Crippen MR) is 38.9 cm³/mol. The van der Waals surface area contributed by atoms with E-state index < -0.39 is 12.1 Å². The quantitative estimate of drug-likeness (QED) is 0.222. The fourth-order valence-corrected chi connectivity index (χ4v) is 0.337. The van der Waals surface area contributed by atoms with E-state index in [2.05, 4.69) is 14.7 Å². The van der Waals surface area contributed by atoms with Gasteiger partial charge in [-0.05, 0) is 6.42 Å². The van der Waals surface area contributed by atoms with Crippen LogP contribution in [0.4, 0.5) is 4.79 Å². The van der Waals surface area contributed by atoms with Gasteiger partial charge in [0.05, 0.1) is 0 Å². The molecule has 0 aromatic heterocycles. The summed E-state index contributed by atoms with van der Waals surface area (Å²) < 4.78 is 3.68. The van der Waals surface area contributed by atoms with Crippen LogP contribution in [-0.2, 0) is 14.4 Å². The molecule has 0 aliphatic heterocycles. The normalized spacial score (nSPS) is 9.75. The van der Waals surface area contributed by atoms with Gasteiger partial charge in [-0.25, -0.2) is 9.59 Å². The highest BCUT2D eigenvalue weighted by Gasteiger charge is 2.03. The van der Waals surface area contributed by atoms with Crippen LogP contribution in [0, 0.1) is 0 Å². The molecule has 0 radical (unpaired) electrons. The number of nitrogens with zero attached hydrogens (tertiary/aromatic N) is 1. The fourth-order valence-electron chi connectivity index (χ4n) is 0.337. The number of carbonyl (C=O) groups is 2. The molecule has 0 heterocycles. The van der Waals surface area contributed by atoms with Crippen LogP contribution < -0.4 is 0 Å². The third-order valence-electron chi connectivity index (χ3n) is 0.716. The Morgan fingerprint density at radius 2 is 2.25 bits per heavy atom. The van der Waals surface area contributed by atoms with E-state index in [4.69, 9.17) is 5.11 Å². The van der Waals surface area contributed by atoms with E-state index in [1.54, 1.807) is 0 Å². The molecule has 0 aliphatic carbocycles. The molecule has 0 spiro atoms. The summed E-state index contributed by atoms with van der Waals surface area (Å²) in [4.78, 5) is 24.6. The maximum atomic E-state index is 10.4. The zero-order valence-corrected chi connectivity index (χ0v) is 6.52. The Morgan fingerprint density at radius 1 is 1.58 bits per heavy atom. The Hall–Kier alpha value is -1.59. The fraction of sp³-hybridized carbons (Fsp3) is 0.500. The van der Waals surface area contributed by atoms with Gasteiger partial charge in [0.1, 0.15) is 6.61 Å². The average molecular weight is 175 g/mol. The lowest BCUT2D eigenvalue weighted by Gasteiger charge is -1.93. The van der Waals surface area contributed by atoms with Crippen molar-refractivity contribution >= 4 is 18.3 Å². The molecule has 1 N–H and O–H groups in total. The Labute approximate surface area is 68.8 Å². The van der Waals surface area contributed by atoms with Gasteiger partial charge in [-0.15, -0.1) is 0 Å². The number of carbonyl (C=O) groups excluding carboxylic acids is 1. The largest absolute Gasteiger partial charge is 0.513 e. The molecule has 0 aromatic rings. The number of ether oxygens (including phenoxy) is 1. The lowest BCUT2D eigenvalue weighted by Crippen LogP contribution is -2.10. The summed E-state index contributed by atoms with van der Waals surface area (Å²) in [6, 6.07) is 0. The molecule has 0 atom stereocenters. The standard InChI is InChI=1S/C6H9NO5/c1-2-3-11-7-4-5(8)12-6(9)10/h4H,2-3H2,1H3,(H,9,10). The van der Waals surface area contributed by atoms with Crippen LogP contribution in [0.25, 0.3) is 0 Å². The summed E-state index contributed by atoms with van der Waals surface area (Å²) >= 11 is 0. The van der Waals surface area contributed by atoms with E-state index in [1.807, 2.05) is 6.92 Å². The Kier molecular flexibility index (Phi) is 5.33. The van der Waals surface area contributed by atoms with E-state index in [9.17, 15) is 9.59 Å². The van der Waals surface area contributed by atoms with Crippen LogP contribution in [0.3, 0.4) is 0 Å². The second-order valence-electron chi connectivity index (χ2n) is 1.75. The first kappa shape index (κ1) is 10.4. The van der Waals surface area contributed by atoms with Crippen LogP contribution >= 0.6 is 0 Å². The van der Waals surface area contributed by atoms with Gasteiger partial charge >= 0.3 is 12.1 Å². The van der Waals surface area contributed by atoms with Crippen molar-refractivity contribution in [1.82, 2.24) is 0 Å². The number of oxime groups is 1. The lowest BCUT2D eigenvalue weighted by atomic mass is 10.5. The summed E-state index contributed by atoms with van der Waals surface area (Å²) in [5.41, 5.74) is 0. The second-order valence-corrected chi connectivity index (χ2v) is 1.75. The van der Waals surface area contributed by atoms with Crippen molar-refractivity contribution in [1.29, 1.82) is 0 Å². The number of carboxylic acid groups (broad SMARTS) is 1. The predicted octanol–water partition coefficient (Wildman–Crippen LogP) is 0.620. The molecular formula is C6H9NO5. The molecule has 0 fully saturated rings. The Balaban J connectivity index is 3.54. The van der Waals surface area contributed by atoms with Gasteiger partial charge in [0.2, 0.25) is 0 Å². The van der Waals surface area contributed by atoms with Crippen LogP contribution in [0.1, 0.15) is 13.3 Å². The summed E-state index contributed by atoms with van der Waals surface area (Å²) in [5.74, 6) is -1.07. The molecule has 12 heavy (non-hydrogen) atoms. The molecular weight excluding hydrogens is 166 g/mol. The smallest absolute Gasteiger partial charge is 0.449 e. The first-order chi connectivity index (χ1) is 5.66. The molecule has 0 aliphatic rings. The van der Waals surface area contributed by atoms with Crippen molar-refractivity contribution in [2.75, 3.05) is 6.61 Å². The van der Waals surface area contributed by atoms with Crippen molar-refractivity contribution in [3.05, 3.63) is 0 Å². The van der Waals surface area contributed by atoms with Crippen LogP contribution in [0.5, 0.6) is 0 Å². The highest BCUT2D eigenvalue weighted by Crippen LogP contribution is 1.81. The molecule has 0 rings (SSSR count).